The van der Waals surface area contributed by atoms with Crippen molar-refractivity contribution in [2.24, 2.45) is 0 Å². The van der Waals surface area contributed by atoms with Crippen molar-refractivity contribution in [2.75, 3.05) is 18.4 Å². The Morgan fingerprint density at radius 1 is 1.47 bits per heavy atom. The molecule has 2 aromatic rings. The van der Waals surface area contributed by atoms with Gasteiger partial charge in [0.1, 0.15) is 0 Å². The molecule has 0 unspecified atom stereocenters. The number of aliphatic hydroxyl groups excluding tert-OH is 1. The molecule has 102 valence electrons. The van der Waals surface area contributed by atoms with E-state index in [0.29, 0.717) is 12.1 Å². The smallest absolute Gasteiger partial charge is 0.216 e. The van der Waals surface area contributed by atoms with Crippen molar-refractivity contribution in [3.05, 3.63) is 23.9 Å². The lowest BCUT2D eigenvalue weighted by Crippen LogP contribution is -2.34. The molecule has 19 heavy (non-hydrogen) atoms. The summed E-state index contributed by atoms with van der Waals surface area (Å²) in [6.45, 7) is 3.88. The second kappa shape index (κ2) is 5.71. The molecule has 6 nitrogen and oxygen atoms in total. The molecular weight excluding hydrogens is 246 g/mol. The molecule has 1 amide bonds. The average Bonchev–Trinajstić information content (AvgIpc) is 2.75. The van der Waals surface area contributed by atoms with Crippen molar-refractivity contribution in [2.45, 2.75) is 20.0 Å². The summed E-state index contributed by atoms with van der Waals surface area (Å²) in [5.74, 6) is -0.155. The highest BCUT2D eigenvalue weighted by atomic mass is 16.5. The number of rotatable bonds is 5. The molecule has 6 heteroatoms. The largest absolute Gasteiger partial charge is 0.389 e. The van der Waals surface area contributed by atoms with Crippen LogP contribution in [0.5, 0.6) is 0 Å². The predicted molar refractivity (Wildman–Crippen MR) is 71.9 cm³/mol. The van der Waals surface area contributed by atoms with E-state index >= 15 is 0 Å². The number of anilines is 1. The first kappa shape index (κ1) is 13.4. The number of benzene rings is 1. The minimum absolute atomic E-state index is 0.155. The van der Waals surface area contributed by atoms with Gasteiger partial charge >= 0.3 is 0 Å². The Morgan fingerprint density at radius 3 is 3.00 bits per heavy atom. The fourth-order valence-electron chi connectivity index (χ4n) is 1.74. The fourth-order valence-corrected chi connectivity index (χ4v) is 1.74. The summed E-state index contributed by atoms with van der Waals surface area (Å²) in [5.41, 5.74) is 2.40. The number of nitrogens with one attached hydrogen (secondary N) is 2. The normalized spacial score (nSPS) is 12.4. The molecule has 0 saturated carbocycles. The highest BCUT2D eigenvalue weighted by molar-refractivity contribution is 5.82. The van der Waals surface area contributed by atoms with E-state index in [4.69, 9.17) is 4.52 Å². The Hall–Kier alpha value is -2.08. The number of amides is 1. The summed E-state index contributed by atoms with van der Waals surface area (Å²) in [6, 6.07) is 5.65. The Labute approximate surface area is 110 Å². The van der Waals surface area contributed by atoms with Crippen LogP contribution in [0.4, 0.5) is 5.69 Å². The molecule has 2 rings (SSSR count). The minimum Gasteiger partial charge on any atom is -0.389 e. The molecule has 0 aliphatic heterocycles. The fraction of sp³-hybridized carbons (Fsp3) is 0.385. The molecule has 0 fully saturated rings. The minimum atomic E-state index is -0.643. The highest BCUT2D eigenvalue weighted by Gasteiger charge is 2.07. The van der Waals surface area contributed by atoms with Crippen LogP contribution in [0.15, 0.2) is 22.7 Å². The van der Waals surface area contributed by atoms with Gasteiger partial charge in [0.2, 0.25) is 5.91 Å². The van der Waals surface area contributed by atoms with Crippen LogP contribution in [0, 0.1) is 6.92 Å². The SMILES string of the molecule is CC(=O)NC[C@H](O)CNc1ccc2c(C)noc2c1. The summed E-state index contributed by atoms with van der Waals surface area (Å²) in [4.78, 5) is 10.7. The van der Waals surface area contributed by atoms with E-state index in [0.717, 1.165) is 16.8 Å². The highest BCUT2D eigenvalue weighted by Crippen LogP contribution is 2.21. The zero-order valence-electron chi connectivity index (χ0n) is 10.9. The van der Waals surface area contributed by atoms with Gasteiger partial charge in [-0.1, -0.05) is 5.16 Å². The van der Waals surface area contributed by atoms with Crippen molar-refractivity contribution in [3.63, 3.8) is 0 Å². The molecule has 0 bridgehead atoms. The maximum Gasteiger partial charge on any atom is 0.216 e. The number of carbonyl (C=O) groups is 1. The molecule has 0 saturated heterocycles. The van der Waals surface area contributed by atoms with Crippen molar-refractivity contribution in [1.29, 1.82) is 0 Å². The molecule has 1 heterocycles. The maximum atomic E-state index is 10.7. The van der Waals surface area contributed by atoms with Crippen molar-refractivity contribution < 1.29 is 14.4 Å². The van der Waals surface area contributed by atoms with Crippen LogP contribution < -0.4 is 10.6 Å². The summed E-state index contributed by atoms with van der Waals surface area (Å²) >= 11 is 0. The van der Waals surface area contributed by atoms with E-state index < -0.39 is 6.10 Å². The van der Waals surface area contributed by atoms with Gasteiger partial charge in [-0.25, -0.2) is 0 Å². The first-order chi connectivity index (χ1) is 9.06. The monoisotopic (exact) mass is 263 g/mol. The average molecular weight is 263 g/mol. The Kier molecular flexibility index (Phi) is 4.01. The number of carbonyl (C=O) groups excluding carboxylic acids is 1. The summed E-state index contributed by atoms with van der Waals surface area (Å²) in [6.07, 6.45) is -0.643. The Morgan fingerprint density at radius 2 is 2.26 bits per heavy atom. The number of hydrogen-bond acceptors (Lipinski definition) is 5. The molecule has 1 aromatic carbocycles. The van der Waals surface area contributed by atoms with Gasteiger partial charge < -0.3 is 20.3 Å². The van der Waals surface area contributed by atoms with Gasteiger partial charge in [-0.3, -0.25) is 4.79 Å². The molecular formula is C13H17N3O3. The van der Waals surface area contributed by atoms with E-state index in [9.17, 15) is 9.90 Å². The zero-order chi connectivity index (χ0) is 13.8. The van der Waals surface area contributed by atoms with Gasteiger partial charge in [-0.05, 0) is 19.1 Å². The lowest BCUT2D eigenvalue weighted by molar-refractivity contribution is -0.119. The number of aryl methyl sites for hydroxylation is 1. The van der Waals surface area contributed by atoms with Crippen LogP contribution in [-0.2, 0) is 4.79 Å². The molecule has 0 aliphatic rings. The molecule has 0 aliphatic carbocycles. The standard InChI is InChI=1S/C13H17N3O3/c1-8-12-4-3-10(5-13(12)19-16-8)15-7-11(18)6-14-9(2)17/h3-5,11,15,18H,6-7H2,1-2H3,(H,14,17)/t11-/m0/s1. The Balaban J connectivity index is 1.92. The Bertz CT molecular complexity index is 580. The lowest BCUT2D eigenvalue weighted by Gasteiger charge is -2.12. The van der Waals surface area contributed by atoms with E-state index in [1.807, 2.05) is 25.1 Å². The van der Waals surface area contributed by atoms with E-state index in [-0.39, 0.29) is 12.5 Å². The van der Waals surface area contributed by atoms with Gasteiger partial charge in [0.25, 0.3) is 0 Å². The van der Waals surface area contributed by atoms with Crippen molar-refractivity contribution in [3.8, 4) is 0 Å². The quantitative estimate of drug-likeness (QED) is 0.750. The van der Waals surface area contributed by atoms with Crippen molar-refractivity contribution in [1.82, 2.24) is 10.5 Å². The van der Waals surface area contributed by atoms with Crippen LogP contribution in [0.2, 0.25) is 0 Å². The first-order valence-corrected chi connectivity index (χ1v) is 6.08. The third-order valence-electron chi connectivity index (χ3n) is 2.78. The molecule has 3 N–H and O–H groups in total. The van der Waals surface area contributed by atoms with Gasteiger partial charge in [-0.15, -0.1) is 0 Å². The van der Waals surface area contributed by atoms with Gasteiger partial charge in [-0.2, -0.15) is 0 Å². The van der Waals surface area contributed by atoms with Crippen LogP contribution >= 0.6 is 0 Å². The topological polar surface area (TPSA) is 87.4 Å². The summed E-state index contributed by atoms with van der Waals surface area (Å²) < 4.78 is 5.17. The molecule has 1 atom stereocenters. The van der Waals surface area contributed by atoms with E-state index in [2.05, 4.69) is 15.8 Å². The molecule has 1 aromatic heterocycles. The number of aliphatic hydroxyl groups is 1. The maximum absolute atomic E-state index is 10.7. The number of fused-ring (bicyclic) bond motifs is 1. The third kappa shape index (κ3) is 3.45. The van der Waals surface area contributed by atoms with E-state index in [1.165, 1.54) is 6.92 Å². The predicted octanol–water partition coefficient (Wildman–Crippen LogP) is 1.05. The number of aromatic nitrogens is 1. The second-order valence-electron chi connectivity index (χ2n) is 4.45. The number of hydrogen-bond donors (Lipinski definition) is 3. The first-order valence-electron chi connectivity index (χ1n) is 6.08. The summed E-state index contributed by atoms with van der Waals surface area (Å²) in [5, 5.41) is 20.2. The number of nitrogens with zero attached hydrogens (tertiary/aromatic N) is 1. The third-order valence-corrected chi connectivity index (χ3v) is 2.78. The van der Waals surface area contributed by atoms with E-state index in [1.54, 1.807) is 0 Å². The van der Waals surface area contributed by atoms with Crippen LogP contribution in [0.3, 0.4) is 0 Å². The van der Waals surface area contributed by atoms with Crippen LogP contribution in [0.1, 0.15) is 12.6 Å². The van der Waals surface area contributed by atoms with Crippen LogP contribution in [-0.4, -0.2) is 35.4 Å². The molecule has 0 radical (unpaired) electrons. The zero-order valence-corrected chi connectivity index (χ0v) is 10.9. The summed E-state index contributed by atoms with van der Waals surface area (Å²) in [7, 11) is 0. The lowest BCUT2D eigenvalue weighted by atomic mass is 10.2. The second-order valence-corrected chi connectivity index (χ2v) is 4.45. The van der Waals surface area contributed by atoms with Gasteiger partial charge in [0.05, 0.1) is 11.8 Å². The van der Waals surface area contributed by atoms with Gasteiger partial charge in [0.15, 0.2) is 5.58 Å². The molecule has 0 spiro atoms. The van der Waals surface area contributed by atoms with Crippen molar-refractivity contribution >= 4 is 22.6 Å². The van der Waals surface area contributed by atoms with Gasteiger partial charge in [0, 0.05) is 37.2 Å². The van der Waals surface area contributed by atoms with Crippen LogP contribution in [0.25, 0.3) is 11.0 Å².